The molecule has 0 bridgehead atoms. The van der Waals surface area contributed by atoms with Crippen LogP contribution in [0.1, 0.15) is 65.2 Å². The molecular formula is C18H34N2. The van der Waals surface area contributed by atoms with Crippen LogP contribution < -0.4 is 5.32 Å². The lowest BCUT2D eigenvalue weighted by Crippen LogP contribution is -2.49. The molecule has 0 radical (unpaired) electrons. The van der Waals surface area contributed by atoms with Gasteiger partial charge in [-0.15, -0.1) is 0 Å². The summed E-state index contributed by atoms with van der Waals surface area (Å²) in [6.07, 6.45) is 11.6. The van der Waals surface area contributed by atoms with E-state index in [9.17, 15) is 0 Å². The molecule has 3 aliphatic rings. The molecule has 0 aromatic carbocycles. The first-order chi connectivity index (χ1) is 9.75. The van der Waals surface area contributed by atoms with Gasteiger partial charge in [-0.25, -0.2) is 0 Å². The van der Waals surface area contributed by atoms with Crippen molar-refractivity contribution in [2.45, 2.75) is 77.3 Å². The van der Waals surface area contributed by atoms with Gasteiger partial charge in [0.1, 0.15) is 0 Å². The third-order valence-corrected chi connectivity index (χ3v) is 6.35. The van der Waals surface area contributed by atoms with Crippen molar-refractivity contribution in [3.63, 3.8) is 0 Å². The highest BCUT2D eigenvalue weighted by Gasteiger charge is 2.35. The zero-order chi connectivity index (χ0) is 13.9. The normalized spacial score (nSPS) is 37.6. The van der Waals surface area contributed by atoms with Gasteiger partial charge in [0.25, 0.3) is 0 Å². The van der Waals surface area contributed by atoms with Crippen molar-refractivity contribution in [2.75, 3.05) is 19.6 Å². The Morgan fingerprint density at radius 2 is 1.65 bits per heavy atom. The van der Waals surface area contributed by atoms with Crippen LogP contribution in [-0.4, -0.2) is 36.6 Å². The van der Waals surface area contributed by atoms with Gasteiger partial charge in [0, 0.05) is 12.1 Å². The number of hydrogen-bond acceptors (Lipinski definition) is 2. The molecule has 3 atom stereocenters. The molecule has 1 aliphatic carbocycles. The van der Waals surface area contributed by atoms with Gasteiger partial charge in [-0.2, -0.15) is 0 Å². The Labute approximate surface area is 125 Å². The third kappa shape index (κ3) is 3.22. The molecule has 3 unspecified atom stereocenters. The summed E-state index contributed by atoms with van der Waals surface area (Å²) in [5.41, 5.74) is 0. The number of nitrogens with zero attached hydrogens (tertiary/aromatic N) is 1. The molecule has 3 fully saturated rings. The van der Waals surface area contributed by atoms with E-state index in [0.29, 0.717) is 0 Å². The summed E-state index contributed by atoms with van der Waals surface area (Å²) in [5.74, 6) is 2.80. The van der Waals surface area contributed by atoms with E-state index < -0.39 is 0 Å². The fraction of sp³-hybridized carbons (Fsp3) is 1.00. The molecule has 116 valence electrons. The molecule has 1 N–H and O–H groups in total. The Bertz CT molecular complexity index is 288. The van der Waals surface area contributed by atoms with E-state index in [1.54, 1.807) is 0 Å². The van der Waals surface area contributed by atoms with Gasteiger partial charge in [0.2, 0.25) is 0 Å². The lowest BCUT2D eigenvalue weighted by Gasteiger charge is -2.45. The molecule has 20 heavy (non-hydrogen) atoms. The van der Waals surface area contributed by atoms with E-state index in [4.69, 9.17) is 0 Å². The van der Waals surface area contributed by atoms with Gasteiger partial charge >= 0.3 is 0 Å². The monoisotopic (exact) mass is 278 g/mol. The Morgan fingerprint density at radius 3 is 2.30 bits per heavy atom. The molecule has 2 saturated heterocycles. The predicted molar refractivity (Wildman–Crippen MR) is 85.9 cm³/mol. The minimum atomic E-state index is 0.851. The SMILES string of the molecule is CC(C)C1CCCCC1N1CCC(C2CCCN2)CC1. The molecule has 0 aromatic heterocycles. The molecule has 0 spiro atoms. The summed E-state index contributed by atoms with van der Waals surface area (Å²) in [6, 6.07) is 1.76. The van der Waals surface area contributed by atoms with Gasteiger partial charge in [-0.3, -0.25) is 0 Å². The Balaban J connectivity index is 1.53. The van der Waals surface area contributed by atoms with Crippen molar-refractivity contribution in [1.82, 2.24) is 10.2 Å². The lowest BCUT2D eigenvalue weighted by molar-refractivity contribution is 0.0451. The number of likely N-dealkylation sites (tertiary alicyclic amines) is 1. The van der Waals surface area contributed by atoms with Crippen molar-refractivity contribution < 1.29 is 0 Å². The molecule has 2 aliphatic heterocycles. The number of piperidine rings is 1. The van der Waals surface area contributed by atoms with Crippen LogP contribution in [0, 0.1) is 17.8 Å². The Hall–Kier alpha value is -0.0800. The highest BCUT2D eigenvalue weighted by atomic mass is 15.2. The highest BCUT2D eigenvalue weighted by molar-refractivity contribution is 4.90. The second kappa shape index (κ2) is 6.79. The average Bonchev–Trinajstić information content (AvgIpc) is 3.02. The van der Waals surface area contributed by atoms with E-state index in [2.05, 4.69) is 24.1 Å². The fourth-order valence-electron chi connectivity index (χ4n) is 5.14. The van der Waals surface area contributed by atoms with Crippen LogP contribution in [0.2, 0.25) is 0 Å². The van der Waals surface area contributed by atoms with E-state index >= 15 is 0 Å². The molecule has 1 saturated carbocycles. The van der Waals surface area contributed by atoms with Crippen LogP contribution in [0.5, 0.6) is 0 Å². The highest BCUT2D eigenvalue weighted by Crippen LogP contribution is 2.36. The second-order valence-corrected chi connectivity index (χ2v) is 7.84. The van der Waals surface area contributed by atoms with Crippen molar-refractivity contribution >= 4 is 0 Å². The maximum absolute atomic E-state index is 3.73. The van der Waals surface area contributed by atoms with E-state index in [1.807, 2.05) is 0 Å². The summed E-state index contributed by atoms with van der Waals surface area (Å²) in [4.78, 5) is 2.87. The molecule has 2 heterocycles. The van der Waals surface area contributed by atoms with Gasteiger partial charge in [0.15, 0.2) is 0 Å². The second-order valence-electron chi connectivity index (χ2n) is 7.84. The lowest BCUT2D eigenvalue weighted by atomic mass is 9.76. The first kappa shape index (κ1) is 14.8. The molecule has 0 amide bonds. The standard InChI is InChI=1S/C18H34N2/c1-14(2)16-6-3-4-8-18(16)20-12-9-15(10-13-20)17-7-5-11-19-17/h14-19H,3-13H2,1-2H3. The molecule has 2 heteroatoms. The number of nitrogens with one attached hydrogen (secondary N) is 1. The van der Waals surface area contributed by atoms with Crippen LogP contribution in [0.3, 0.4) is 0 Å². The quantitative estimate of drug-likeness (QED) is 0.847. The van der Waals surface area contributed by atoms with E-state index in [-0.39, 0.29) is 0 Å². The molecular weight excluding hydrogens is 244 g/mol. The number of hydrogen-bond donors (Lipinski definition) is 1. The van der Waals surface area contributed by atoms with Crippen LogP contribution in [-0.2, 0) is 0 Å². The minimum absolute atomic E-state index is 0.851. The van der Waals surface area contributed by atoms with Gasteiger partial charge in [0.05, 0.1) is 0 Å². The smallest absolute Gasteiger partial charge is 0.0126 e. The first-order valence-corrected chi connectivity index (χ1v) is 9.23. The van der Waals surface area contributed by atoms with E-state index in [1.165, 1.54) is 71.0 Å². The summed E-state index contributed by atoms with van der Waals surface area (Å²) in [7, 11) is 0. The number of rotatable bonds is 3. The summed E-state index contributed by atoms with van der Waals surface area (Å²) < 4.78 is 0. The maximum Gasteiger partial charge on any atom is 0.0126 e. The van der Waals surface area contributed by atoms with Gasteiger partial charge in [-0.05, 0) is 75.9 Å². The fourth-order valence-corrected chi connectivity index (χ4v) is 5.14. The Kier molecular flexibility index (Phi) is 5.04. The minimum Gasteiger partial charge on any atom is -0.314 e. The Morgan fingerprint density at radius 1 is 0.900 bits per heavy atom. The van der Waals surface area contributed by atoms with Gasteiger partial charge in [-0.1, -0.05) is 26.7 Å². The summed E-state index contributed by atoms with van der Waals surface area (Å²) >= 11 is 0. The van der Waals surface area contributed by atoms with Crippen LogP contribution in [0.15, 0.2) is 0 Å². The van der Waals surface area contributed by atoms with Crippen molar-refractivity contribution in [3.05, 3.63) is 0 Å². The third-order valence-electron chi connectivity index (χ3n) is 6.35. The van der Waals surface area contributed by atoms with Crippen molar-refractivity contribution in [2.24, 2.45) is 17.8 Å². The van der Waals surface area contributed by atoms with Crippen LogP contribution >= 0.6 is 0 Å². The van der Waals surface area contributed by atoms with E-state index in [0.717, 1.165) is 29.8 Å². The van der Waals surface area contributed by atoms with Crippen LogP contribution in [0.4, 0.5) is 0 Å². The molecule has 0 aromatic rings. The van der Waals surface area contributed by atoms with Crippen molar-refractivity contribution in [3.8, 4) is 0 Å². The van der Waals surface area contributed by atoms with Gasteiger partial charge < -0.3 is 10.2 Å². The largest absolute Gasteiger partial charge is 0.314 e. The average molecular weight is 278 g/mol. The summed E-state index contributed by atoms with van der Waals surface area (Å²) in [6.45, 7) is 8.90. The first-order valence-electron chi connectivity index (χ1n) is 9.23. The maximum atomic E-state index is 3.73. The topological polar surface area (TPSA) is 15.3 Å². The zero-order valence-corrected chi connectivity index (χ0v) is 13.6. The van der Waals surface area contributed by atoms with Crippen LogP contribution in [0.25, 0.3) is 0 Å². The molecule has 2 nitrogen and oxygen atoms in total. The van der Waals surface area contributed by atoms with Crippen molar-refractivity contribution in [1.29, 1.82) is 0 Å². The predicted octanol–water partition coefficient (Wildman–Crippen LogP) is 3.67. The summed E-state index contributed by atoms with van der Waals surface area (Å²) in [5, 5.41) is 3.73. The zero-order valence-electron chi connectivity index (χ0n) is 13.6. The molecule has 3 rings (SSSR count).